The van der Waals surface area contributed by atoms with E-state index < -0.39 is 24.4 Å². The molecule has 5 rings (SSSR count). The minimum absolute atomic E-state index is 0.000171. The zero-order valence-electron chi connectivity index (χ0n) is 34.5. The SMILES string of the molecule is CC[C@H]1CCC[C@H](OC(=O)CCC[N+](CC)(CC)CC)[C@@H](C)C(=O)C2=C[C@@H]3[C@@H](C=C[C@@H]4C[C@@H](O[C@@H]5O[C@@H](C)[C@H](OC)[C@@H](OC)[C@H]5OC)C[C@@H]34)[C@@H]2CC(=O)O1. The summed E-state index contributed by atoms with van der Waals surface area (Å²) in [6.07, 6.45) is 9.44. The number of Topliss-reactive ketones (excluding diaryl/α,β-unsaturated/α-hetero) is 1. The molecule has 0 radical (unpaired) electrons. The Morgan fingerprint density at radius 2 is 1.59 bits per heavy atom. The van der Waals surface area contributed by atoms with Gasteiger partial charge >= 0.3 is 11.9 Å². The number of rotatable bonds is 14. The first-order valence-corrected chi connectivity index (χ1v) is 21.0. The predicted octanol–water partition coefficient (Wildman–Crippen LogP) is 6.22. The van der Waals surface area contributed by atoms with Gasteiger partial charge in [-0.25, -0.2) is 0 Å². The van der Waals surface area contributed by atoms with Gasteiger partial charge in [-0.05, 0) is 95.5 Å². The van der Waals surface area contributed by atoms with Crippen molar-refractivity contribution >= 4 is 17.7 Å². The molecule has 0 unspecified atom stereocenters. The Morgan fingerprint density at radius 3 is 2.24 bits per heavy atom. The molecular formula is C43H70NO10+. The van der Waals surface area contributed by atoms with E-state index in [1.165, 1.54) is 0 Å². The molecule has 0 bridgehead atoms. The van der Waals surface area contributed by atoms with Crippen LogP contribution in [0.15, 0.2) is 23.8 Å². The van der Waals surface area contributed by atoms with Gasteiger partial charge in [-0.3, -0.25) is 14.4 Å². The highest BCUT2D eigenvalue weighted by Gasteiger charge is 2.52. The fraction of sp³-hybridized carbons (Fsp3) is 0.837. The number of hydrogen-bond donors (Lipinski definition) is 0. The quantitative estimate of drug-likeness (QED) is 0.115. The molecule has 14 atom stereocenters. The van der Waals surface area contributed by atoms with E-state index in [-0.39, 0.29) is 84.3 Å². The first kappa shape index (κ1) is 43.0. The molecule has 0 aromatic rings. The Hall–Kier alpha value is -2.15. The number of esters is 2. The summed E-state index contributed by atoms with van der Waals surface area (Å²) in [5.74, 6) is -0.727. The fourth-order valence-electron chi connectivity index (χ4n) is 10.4. The van der Waals surface area contributed by atoms with Crippen LogP contribution in [0.4, 0.5) is 0 Å². The van der Waals surface area contributed by atoms with Gasteiger partial charge in [-0.2, -0.15) is 0 Å². The van der Waals surface area contributed by atoms with Crippen molar-refractivity contribution in [1.29, 1.82) is 0 Å². The molecule has 5 aliphatic rings. The maximum atomic E-state index is 14.6. The molecule has 11 nitrogen and oxygen atoms in total. The number of hydrogen-bond acceptors (Lipinski definition) is 10. The number of methoxy groups -OCH3 is 3. The van der Waals surface area contributed by atoms with Crippen LogP contribution in [0.3, 0.4) is 0 Å². The number of ketones is 1. The van der Waals surface area contributed by atoms with E-state index in [0.29, 0.717) is 37.7 Å². The van der Waals surface area contributed by atoms with Gasteiger partial charge in [0.1, 0.15) is 30.5 Å². The molecule has 2 heterocycles. The molecule has 0 aromatic carbocycles. The van der Waals surface area contributed by atoms with E-state index in [9.17, 15) is 14.4 Å². The summed E-state index contributed by atoms with van der Waals surface area (Å²) in [7, 11) is 4.94. The van der Waals surface area contributed by atoms with Gasteiger partial charge in [0.2, 0.25) is 0 Å². The van der Waals surface area contributed by atoms with Crippen LogP contribution < -0.4 is 0 Å². The molecule has 0 N–H and O–H groups in total. The van der Waals surface area contributed by atoms with Crippen LogP contribution in [0.5, 0.6) is 0 Å². The summed E-state index contributed by atoms with van der Waals surface area (Å²) in [4.78, 5) is 41.4. The number of allylic oxidation sites excluding steroid dienone is 4. The van der Waals surface area contributed by atoms with Crippen molar-refractivity contribution in [3.8, 4) is 0 Å². The van der Waals surface area contributed by atoms with Gasteiger partial charge in [0.05, 0.1) is 57.1 Å². The highest BCUT2D eigenvalue weighted by Crippen LogP contribution is 2.54. The molecule has 0 spiro atoms. The van der Waals surface area contributed by atoms with Gasteiger partial charge in [-0.15, -0.1) is 0 Å². The lowest BCUT2D eigenvalue weighted by Crippen LogP contribution is -2.59. The van der Waals surface area contributed by atoms with Gasteiger partial charge in [-0.1, -0.05) is 32.1 Å². The Labute approximate surface area is 324 Å². The summed E-state index contributed by atoms with van der Waals surface area (Å²) < 4.78 is 43.5. The van der Waals surface area contributed by atoms with Crippen molar-refractivity contribution in [2.75, 3.05) is 47.5 Å². The van der Waals surface area contributed by atoms with E-state index in [2.05, 4.69) is 39.0 Å². The molecule has 3 fully saturated rings. The van der Waals surface area contributed by atoms with Crippen LogP contribution in [-0.4, -0.2) is 119 Å². The number of carbonyl (C=O) groups is 3. The lowest BCUT2D eigenvalue weighted by molar-refractivity contribution is -0.923. The van der Waals surface area contributed by atoms with Crippen LogP contribution in [-0.2, 0) is 47.5 Å². The summed E-state index contributed by atoms with van der Waals surface area (Å²) >= 11 is 0. The monoisotopic (exact) mass is 760 g/mol. The summed E-state index contributed by atoms with van der Waals surface area (Å²) in [6, 6.07) is 0. The zero-order chi connectivity index (χ0) is 39.2. The van der Waals surface area contributed by atoms with E-state index in [1.54, 1.807) is 21.3 Å². The standard InChI is InChI=1S/C43H70NO10/c1-10-29-16-14-17-36(54-37(45)18-15-21-44(11-2,12-3)13-4)26(5)39(47)35-24-33-31(34(35)25-38(46)52-29)20-19-28-22-30(23-32(28)33)53-43-42(50-9)41(49-8)40(48-7)27(6)51-43/h19-20,24,26-34,36,40-43H,10-18,21-23,25H2,1-9H3/q+1/t26-,27+,28-,29+,30-,31-,32-,33-,34+,36+,40+,41-,42-,43+/m1/s1. The molecule has 11 heteroatoms. The number of carbonyl (C=O) groups excluding carboxylic acids is 3. The Morgan fingerprint density at radius 1 is 0.889 bits per heavy atom. The summed E-state index contributed by atoms with van der Waals surface area (Å²) in [5, 5.41) is 0. The van der Waals surface area contributed by atoms with Crippen LogP contribution in [0.2, 0.25) is 0 Å². The molecule has 0 aromatic heterocycles. The van der Waals surface area contributed by atoms with Crippen molar-refractivity contribution < 1.29 is 52.0 Å². The van der Waals surface area contributed by atoms with E-state index in [4.69, 9.17) is 33.2 Å². The van der Waals surface area contributed by atoms with Gasteiger partial charge in [0.15, 0.2) is 12.1 Å². The number of ether oxygens (including phenoxy) is 7. The lowest BCUT2D eigenvalue weighted by Gasteiger charge is -2.44. The van der Waals surface area contributed by atoms with Crippen LogP contribution in [0.1, 0.15) is 99.3 Å². The maximum absolute atomic E-state index is 14.6. The minimum atomic E-state index is -0.613. The second-order valence-corrected chi connectivity index (χ2v) is 16.6. The Kier molecular flexibility index (Phi) is 15.4. The van der Waals surface area contributed by atoms with Crippen molar-refractivity contribution in [3.63, 3.8) is 0 Å². The predicted molar refractivity (Wildman–Crippen MR) is 204 cm³/mol. The Bertz CT molecular complexity index is 1320. The molecule has 0 amide bonds. The highest BCUT2D eigenvalue weighted by atomic mass is 16.7. The average Bonchev–Trinajstić information content (AvgIpc) is 3.75. The van der Waals surface area contributed by atoms with Crippen LogP contribution in [0, 0.1) is 35.5 Å². The largest absolute Gasteiger partial charge is 0.462 e. The lowest BCUT2D eigenvalue weighted by atomic mass is 9.70. The third-order valence-electron chi connectivity index (χ3n) is 14.0. The normalized spacial score (nSPS) is 38.7. The topological polar surface area (TPSA) is 116 Å². The van der Waals surface area contributed by atoms with Gasteiger partial charge in [0, 0.05) is 33.7 Å². The summed E-state index contributed by atoms with van der Waals surface area (Å²) in [5.41, 5.74) is 0.687. The van der Waals surface area contributed by atoms with E-state index in [1.807, 2.05) is 20.8 Å². The maximum Gasteiger partial charge on any atom is 0.306 e. The molecule has 306 valence electrons. The summed E-state index contributed by atoms with van der Waals surface area (Å²) in [6.45, 7) is 16.6. The Balaban J connectivity index is 1.33. The molecule has 2 saturated heterocycles. The average molecular weight is 761 g/mol. The minimum Gasteiger partial charge on any atom is -0.462 e. The second kappa shape index (κ2) is 19.3. The van der Waals surface area contributed by atoms with E-state index in [0.717, 1.165) is 49.9 Å². The smallest absolute Gasteiger partial charge is 0.306 e. The van der Waals surface area contributed by atoms with Crippen LogP contribution >= 0.6 is 0 Å². The fourth-order valence-corrected chi connectivity index (χ4v) is 10.4. The third kappa shape index (κ3) is 9.34. The molecule has 1 saturated carbocycles. The molecular weight excluding hydrogens is 690 g/mol. The van der Waals surface area contributed by atoms with Crippen molar-refractivity contribution in [1.82, 2.24) is 0 Å². The molecule has 54 heavy (non-hydrogen) atoms. The number of quaternary nitrogens is 1. The third-order valence-corrected chi connectivity index (χ3v) is 14.0. The highest BCUT2D eigenvalue weighted by molar-refractivity contribution is 5.99. The zero-order valence-corrected chi connectivity index (χ0v) is 34.5. The van der Waals surface area contributed by atoms with Gasteiger partial charge in [0.25, 0.3) is 0 Å². The van der Waals surface area contributed by atoms with Gasteiger partial charge < -0.3 is 37.6 Å². The number of cyclic esters (lactones) is 1. The van der Waals surface area contributed by atoms with E-state index >= 15 is 0 Å². The number of fused-ring (bicyclic) bond motifs is 5. The molecule has 2 aliphatic heterocycles. The van der Waals surface area contributed by atoms with Crippen molar-refractivity contribution in [2.24, 2.45) is 35.5 Å². The number of nitrogens with zero attached hydrogens (tertiary/aromatic N) is 1. The first-order valence-electron chi connectivity index (χ1n) is 21.0. The van der Waals surface area contributed by atoms with Crippen molar-refractivity contribution in [2.45, 2.75) is 148 Å². The van der Waals surface area contributed by atoms with Crippen molar-refractivity contribution in [3.05, 3.63) is 23.8 Å². The molecule has 3 aliphatic carbocycles. The first-order chi connectivity index (χ1) is 26.0. The second-order valence-electron chi connectivity index (χ2n) is 16.6. The van der Waals surface area contributed by atoms with Crippen LogP contribution in [0.25, 0.3) is 0 Å².